The average Bonchev–Trinajstić information content (AvgIpc) is 3.21. The molecule has 2 aromatic heterocycles. The van der Waals surface area contributed by atoms with Crippen molar-refractivity contribution in [3.63, 3.8) is 0 Å². The van der Waals surface area contributed by atoms with Crippen LogP contribution in [0.25, 0.3) is 10.6 Å². The second kappa shape index (κ2) is 6.62. The number of likely N-dealkylation sites (N-methyl/N-ethyl adjacent to an activating group) is 1. The van der Waals surface area contributed by atoms with Crippen LogP contribution < -0.4 is 0 Å². The smallest absolute Gasteiger partial charge is 0.228 e. The van der Waals surface area contributed by atoms with Crippen LogP contribution in [0, 0.1) is 5.92 Å². The quantitative estimate of drug-likeness (QED) is 0.919. The lowest BCUT2D eigenvalue weighted by atomic mass is 10.1. The van der Waals surface area contributed by atoms with E-state index in [0.717, 1.165) is 35.5 Å². The zero-order valence-electron chi connectivity index (χ0n) is 12.6. The number of carbonyl (C=O) groups is 1. The van der Waals surface area contributed by atoms with Crippen molar-refractivity contribution in [2.45, 2.75) is 31.8 Å². The third-order valence-corrected chi connectivity index (χ3v) is 5.15. The van der Waals surface area contributed by atoms with Crippen LogP contribution in [-0.2, 0) is 11.2 Å². The highest BCUT2D eigenvalue weighted by molar-refractivity contribution is 7.13. The molecule has 0 aliphatic heterocycles. The largest absolute Gasteiger partial charge is 0.472 e. The van der Waals surface area contributed by atoms with Gasteiger partial charge in [-0.3, -0.25) is 4.79 Å². The zero-order chi connectivity index (χ0) is 15.5. The fraction of sp³-hybridized carbons (Fsp3) is 0.500. The van der Waals surface area contributed by atoms with E-state index in [4.69, 9.17) is 4.42 Å². The molecule has 1 saturated carbocycles. The molecule has 1 aliphatic carbocycles. The molecule has 118 valence electrons. The number of furan rings is 1. The fourth-order valence-electron chi connectivity index (χ4n) is 2.88. The summed E-state index contributed by atoms with van der Waals surface area (Å²) >= 11 is 1.51. The molecule has 2 atom stereocenters. The molecular formula is C16H20N2O3S. The molecule has 1 amide bonds. The van der Waals surface area contributed by atoms with Gasteiger partial charge in [0.2, 0.25) is 5.91 Å². The minimum absolute atomic E-state index is 0.0446. The Labute approximate surface area is 133 Å². The van der Waals surface area contributed by atoms with E-state index >= 15 is 0 Å². The summed E-state index contributed by atoms with van der Waals surface area (Å²) in [6.45, 7) is 0.624. The zero-order valence-corrected chi connectivity index (χ0v) is 13.4. The highest BCUT2D eigenvalue weighted by Crippen LogP contribution is 2.27. The number of nitrogens with zero attached hydrogens (tertiary/aromatic N) is 2. The Hall–Kier alpha value is -1.66. The van der Waals surface area contributed by atoms with Crippen LogP contribution >= 0.6 is 11.3 Å². The molecule has 2 heterocycles. The van der Waals surface area contributed by atoms with Gasteiger partial charge in [0.15, 0.2) is 0 Å². The molecular weight excluding hydrogens is 300 g/mol. The Morgan fingerprint density at radius 3 is 3.09 bits per heavy atom. The van der Waals surface area contributed by atoms with Gasteiger partial charge in [-0.05, 0) is 18.9 Å². The van der Waals surface area contributed by atoms with Gasteiger partial charge in [0.05, 0.1) is 24.5 Å². The number of aliphatic hydroxyl groups excluding tert-OH is 1. The Balaban J connectivity index is 1.57. The van der Waals surface area contributed by atoms with Gasteiger partial charge < -0.3 is 14.4 Å². The van der Waals surface area contributed by atoms with Crippen LogP contribution in [-0.4, -0.2) is 40.6 Å². The number of rotatable bonds is 5. The summed E-state index contributed by atoms with van der Waals surface area (Å²) in [6, 6.07) is 1.86. The molecule has 5 nitrogen and oxygen atoms in total. The van der Waals surface area contributed by atoms with Crippen molar-refractivity contribution >= 4 is 17.2 Å². The Kier molecular flexibility index (Phi) is 4.59. The van der Waals surface area contributed by atoms with Crippen molar-refractivity contribution in [3.05, 3.63) is 29.7 Å². The van der Waals surface area contributed by atoms with Gasteiger partial charge in [-0.25, -0.2) is 4.98 Å². The summed E-state index contributed by atoms with van der Waals surface area (Å²) < 4.78 is 5.05. The van der Waals surface area contributed by atoms with Crippen LogP contribution in [0.2, 0.25) is 0 Å². The maximum absolute atomic E-state index is 12.3. The summed E-state index contributed by atoms with van der Waals surface area (Å²) in [4.78, 5) is 18.5. The third-order valence-electron chi connectivity index (χ3n) is 4.21. The first-order valence-electron chi connectivity index (χ1n) is 7.52. The summed E-state index contributed by atoms with van der Waals surface area (Å²) in [5, 5.41) is 12.6. The third kappa shape index (κ3) is 3.39. The minimum atomic E-state index is -0.262. The molecule has 1 aliphatic rings. The van der Waals surface area contributed by atoms with Crippen LogP contribution in [0.5, 0.6) is 0 Å². The van der Waals surface area contributed by atoms with Crippen LogP contribution in [0.3, 0.4) is 0 Å². The molecule has 0 spiro atoms. The molecule has 0 saturated heterocycles. The minimum Gasteiger partial charge on any atom is -0.472 e. The summed E-state index contributed by atoms with van der Waals surface area (Å²) in [7, 11) is 1.80. The highest BCUT2D eigenvalue weighted by atomic mass is 32.1. The molecule has 3 rings (SSSR count). The predicted molar refractivity (Wildman–Crippen MR) is 84.5 cm³/mol. The summed E-state index contributed by atoms with van der Waals surface area (Å²) in [6.07, 6.45) is 6.21. The molecule has 0 radical (unpaired) electrons. The van der Waals surface area contributed by atoms with E-state index in [1.54, 1.807) is 24.5 Å². The first-order valence-corrected chi connectivity index (χ1v) is 8.40. The number of hydrogen-bond donors (Lipinski definition) is 1. The first-order chi connectivity index (χ1) is 10.6. The van der Waals surface area contributed by atoms with Gasteiger partial charge in [-0.1, -0.05) is 6.42 Å². The van der Waals surface area contributed by atoms with Crippen LogP contribution in [0.1, 0.15) is 25.0 Å². The predicted octanol–water partition coefficient (Wildman–Crippen LogP) is 2.57. The van der Waals surface area contributed by atoms with Gasteiger partial charge in [0.1, 0.15) is 11.3 Å². The number of hydrogen-bond acceptors (Lipinski definition) is 5. The second-order valence-electron chi connectivity index (χ2n) is 5.87. The van der Waals surface area contributed by atoms with E-state index in [9.17, 15) is 9.90 Å². The van der Waals surface area contributed by atoms with E-state index in [1.807, 2.05) is 11.4 Å². The fourth-order valence-corrected chi connectivity index (χ4v) is 3.69. The molecule has 2 aromatic rings. The maximum atomic E-state index is 12.3. The van der Waals surface area contributed by atoms with Crippen LogP contribution in [0.15, 0.2) is 28.4 Å². The van der Waals surface area contributed by atoms with Crippen molar-refractivity contribution in [2.75, 3.05) is 13.6 Å². The maximum Gasteiger partial charge on any atom is 0.228 e. The standard InChI is InChI=1S/C16H20N2O3S/c1-18(8-11-3-2-4-14(11)19)15(20)7-13-10-22-16(17-13)12-5-6-21-9-12/h5-6,9-11,14,19H,2-4,7-8H2,1H3. The molecule has 1 fully saturated rings. The molecule has 6 heteroatoms. The van der Waals surface area contributed by atoms with Gasteiger partial charge in [0.25, 0.3) is 0 Å². The number of thiazole rings is 1. The van der Waals surface area contributed by atoms with E-state index in [1.165, 1.54) is 11.3 Å². The number of amides is 1. The van der Waals surface area contributed by atoms with Crippen LogP contribution in [0.4, 0.5) is 0 Å². The van der Waals surface area contributed by atoms with Crippen molar-refractivity contribution < 1.29 is 14.3 Å². The lowest BCUT2D eigenvalue weighted by Crippen LogP contribution is -2.35. The second-order valence-corrected chi connectivity index (χ2v) is 6.72. The van der Waals surface area contributed by atoms with Crippen molar-refractivity contribution in [2.24, 2.45) is 5.92 Å². The normalized spacial score (nSPS) is 21.2. The number of aromatic nitrogens is 1. The molecule has 0 aromatic carbocycles. The monoisotopic (exact) mass is 320 g/mol. The van der Waals surface area contributed by atoms with E-state index in [-0.39, 0.29) is 17.9 Å². The molecule has 2 unspecified atom stereocenters. The average molecular weight is 320 g/mol. The van der Waals surface area contributed by atoms with E-state index in [2.05, 4.69) is 4.98 Å². The summed E-state index contributed by atoms with van der Waals surface area (Å²) in [5.41, 5.74) is 1.72. The van der Waals surface area contributed by atoms with Gasteiger partial charge in [-0.2, -0.15) is 0 Å². The number of carbonyl (C=O) groups excluding carboxylic acids is 1. The van der Waals surface area contributed by atoms with Crippen molar-refractivity contribution in [1.29, 1.82) is 0 Å². The Morgan fingerprint density at radius 1 is 1.55 bits per heavy atom. The lowest BCUT2D eigenvalue weighted by Gasteiger charge is -2.23. The number of aliphatic hydroxyl groups is 1. The highest BCUT2D eigenvalue weighted by Gasteiger charge is 2.27. The lowest BCUT2D eigenvalue weighted by molar-refractivity contribution is -0.130. The molecule has 1 N–H and O–H groups in total. The van der Waals surface area contributed by atoms with Crippen molar-refractivity contribution in [1.82, 2.24) is 9.88 Å². The van der Waals surface area contributed by atoms with Crippen molar-refractivity contribution in [3.8, 4) is 10.6 Å². The molecule has 22 heavy (non-hydrogen) atoms. The van der Waals surface area contributed by atoms with E-state index in [0.29, 0.717) is 13.0 Å². The Bertz CT molecular complexity index is 623. The first kappa shape index (κ1) is 15.2. The SMILES string of the molecule is CN(CC1CCCC1O)C(=O)Cc1csc(-c2ccoc2)n1. The van der Waals surface area contributed by atoms with Gasteiger partial charge in [-0.15, -0.1) is 11.3 Å². The summed E-state index contributed by atoms with van der Waals surface area (Å²) in [5.74, 6) is 0.258. The Morgan fingerprint density at radius 2 is 2.41 bits per heavy atom. The topological polar surface area (TPSA) is 66.6 Å². The molecule has 0 bridgehead atoms. The van der Waals surface area contributed by atoms with Gasteiger partial charge in [0, 0.05) is 30.5 Å². The van der Waals surface area contributed by atoms with Gasteiger partial charge >= 0.3 is 0 Å². The van der Waals surface area contributed by atoms with E-state index < -0.39 is 0 Å².